The van der Waals surface area contributed by atoms with Crippen molar-refractivity contribution in [2.75, 3.05) is 13.2 Å². The van der Waals surface area contributed by atoms with E-state index in [-0.39, 0.29) is 5.91 Å². The Kier molecular flexibility index (Phi) is 8.29. The number of nitrogens with one attached hydrogen (secondary N) is 1. The second kappa shape index (κ2) is 10.7. The Bertz CT molecular complexity index is 705. The van der Waals surface area contributed by atoms with Gasteiger partial charge in [0.1, 0.15) is 11.5 Å². The molecule has 0 saturated heterocycles. The van der Waals surface area contributed by atoms with Crippen LogP contribution >= 0.6 is 11.6 Å². The van der Waals surface area contributed by atoms with Crippen molar-refractivity contribution in [1.29, 1.82) is 0 Å². The van der Waals surface area contributed by atoms with Gasteiger partial charge in [-0.2, -0.15) is 0 Å². The van der Waals surface area contributed by atoms with Gasteiger partial charge >= 0.3 is 0 Å². The molecule has 0 spiro atoms. The Morgan fingerprint density at radius 3 is 2.46 bits per heavy atom. The minimum Gasteiger partial charge on any atom is -0.494 e. The minimum absolute atomic E-state index is 0.120. The van der Waals surface area contributed by atoms with Gasteiger partial charge < -0.3 is 14.8 Å². The third kappa shape index (κ3) is 5.95. The lowest BCUT2D eigenvalue weighted by Gasteiger charge is -2.18. The Morgan fingerprint density at radius 1 is 1.08 bits per heavy atom. The van der Waals surface area contributed by atoms with Gasteiger partial charge in [-0.05, 0) is 49.9 Å². The van der Waals surface area contributed by atoms with Gasteiger partial charge in [0.15, 0.2) is 6.10 Å². The van der Waals surface area contributed by atoms with Crippen LogP contribution in [0.5, 0.6) is 11.5 Å². The SMILES string of the molecule is CCOc1ccccc1CCCNC(=O)[C@@H](CC)Oc1ccccc1Cl. The number of rotatable bonds is 10. The van der Waals surface area contributed by atoms with E-state index in [2.05, 4.69) is 11.4 Å². The van der Waals surface area contributed by atoms with Crippen molar-refractivity contribution in [2.24, 2.45) is 0 Å². The van der Waals surface area contributed by atoms with Crippen LogP contribution in [-0.4, -0.2) is 25.2 Å². The van der Waals surface area contributed by atoms with Crippen molar-refractivity contribution in [3.63, 3.8) is 0 Å². The normalized spacial score (nSPS) is 11.7. The van der Waals surface area contributed by atoms with Crippen molar-refractivity contribution in [3.8, 4) is 11.5 Å². The van der Waals surface area contributed by atoms with Gasteiger partial charge in [0, 0.05) is 6.54 Å². The summed E-state index contributed by atoms with van der Waals surface area (Å²) in [6.07, 6.45) is 1.70. The molecule has 0 saturated carbocycles. The van der Waals surface area contributed by atoms with Crippen molar-refractivity contribution in [1.82, 2.24) is 5.32 Å². The molecule has 2 rings (SSSR count). The maximum absolute atomic E-state index is 12.4. The molecule has 1 amide bonds. The highest BCUT2D eigenvalue weighted by Crippen LogP contribution is 2.25. The summed E-state index contributed by atoms with van der Waals surface area (Å²) in [4.78, 5) is 12.4. The van der Waals surface area contributed by atoms with E-state index < -0.39 is 6.10 Å². The fourth-order valence-electron chi connectivity index (χ4n) is 2.63. The number of benzene rings is 2. The van der Waals surface area contributed by atoms with E-state index in [0.29, 0.717) is 30.3 Å². The summed E-state index contributed by atoms with van der Waals surface area (Å²) in [6.45, 7) is 5.12. The van der Waals surface area contributed by atoms with Crippen LogP contribution in [0.3, 0.4) is 0 Å². The van der Waals surface area contributed by atoms with E-state index in [1.54, 1.807) is 12.1 Å². The first-order valence-electron chi connectivity index (χ1n) is 9.05. The van der Waals surface area contributed by atoms with Gasteiger partial charge in [0.2, 0.25) is 0 Å². The first-order valence-corrected chi connectivity index (χ1v) is 9.43. The first kappa shape index (κ1) is 20.1. The number of carbonyl (C=O) groups is 1. The summed E-state index contributed by atoms with van der Waals surface area (Å²) < 4.78 is 11.4. The smallest absolute Gasteiger partial charge is 0.261 e. The molecule has 4 nitrogen and oxygen atoms in total. The first-order chi connectivity index (χ1) is 12.7. The van der Waals surface area contributed by atoms with Crippen molar-refractivity contribution in [2.45, 2.75) is 39.2 Å². The monoisotopic (exact) mass is 375 g/mol. The molecule has 0 aromatic heterocycles. The molecule has 1 atom stereocenters. The van der Waals surface area contributed by atoms with E-state index in [9.17, 15) is 4.79 Å². The summed E-state index contributed by atoms with van der Waals surface area (Å²) in [5, 5.41) is 3.45. The van der Waals surface area contributed by atoms with Crippen LogP contribution in [0.4, 0.5) is 0 Å². The number of amides is 1. The van der Waals surface area contributed by atoms with E-state index in [1.165, 1.54) is 0 Å². The highest BCUT2D eigenvalue weighted by Gasteiger charge is 2.18. The molecule has 2 aromatic rings. The zero-order valence-electron chi connectivity index (χ0n) is 15.3. The number of hydrogen-bond donors (Lipinski definition) is 1. The van der Waals surface area contributed by atoms with Gasteiger partial charge in [-0.25, -0.2) is 0 Å². The van der Waals surface area contributed by atoms with Crippen LogP contribution in [-0.2, 0) is 11.2 Å². The quantitative estimate of drug-likeness (QED) is 0.615. The van der Waals surface area contributed by atoms with Gasteiger partial charge in [0.05, 0.1) is 11.6 Å². The lowest BCUT2D eigenvalue weighted by molar-refractivity contribution is -0.128. The zero-order valence-corrected chi connectivity index (χ0v) is 16.1. The van der Waals surface area contributed by atoms with Gasteiger partial charge in [-0.15, -0.1) is 0 Å². The molecule has 0 aliphatic carbocycles. The Balaban J connectivity index is 1.81. The molecule has 0 bridgehead atoms. The molecule has 0 unspecified atom stereocenters. The molecule has 0 aliphatic rings. The Hall–Kier alpha value is -2.20. The predicted molar refractivity (Wildman–Crippen MR) is 105 cm³/mol. The standard InChI is InChI=1S/C21H26ClNO3/c1-3-18(26-20-14-8-6-12-17(20)22)21(24)23-15-9-11-16-10-5-7-13-19(16)25-4-2/h5-8,10,12-14,18H,3-4,9,11,15H2,1-2H3,(H,23,24)/t18-/m1/s1. The molecule has 2 aromatic carbocycles. The summed E-state index contributed by atoms with van der Waals surface area (Å²) in [6, 6.07) is 15.2. The highest BCUT2D eigenvalue weighted by molar-refractivity contribution is 6.32. The van der Waals surface area contributed by atoms with Crippen LogP contribution in [0.1, 0.15) is 32.3 Å². The Labute approximate surface area is 160 Å². The molecule has 0 fully saturated rings. The third-order valence-corrected chi connectivity index (χ3v) is 4.28. The predicted octanol–water partition coefficient (Wildman–Crippen LogP) is 4.65. The minimum atomic E-state index is -0.550. The average molecular weight is 376 g/mol. The van der Waals surface area contributed by atoms with Gasteiger partial charge in [-0.3, -0.25) is 4.79 Å². The molecule has 0 radical (unpaired) electrons. The maximum atomic E-state index is 12.4. The van der Waals surface area contributed by atoms with E-state index in [0.717, 1.165) is 24.2 Å². The van der Waals surface area contributed by atoms with Crippen molar-refractivity contribution >= 4 is 17.5 Å². The van der Waals surface area contributed by atoms with Gasteiger partial charge in [0.25, 0.3) is 5.91 Å². The number of carbonyl (C=O) groups excluding carboxylic acids is 1. The zero-order chi connectivity index (χ0) is 18.8. The highest BCUT2D eigenvalue weighted by atomic mass is 35.5. The summed E-state index contributed by atoms with van der Waals surface area (Å²) in [5.74, 6) is 1.32. The fourth-order valence-corrected chi connectivity index (χ4v) is 2.81. The lowest BCUT2D eigenvalue weighted by atomic mass is 10.1. The summed E-state index contributed by atoms with van der Waals surface area (Å²) in [7, 11) is 0. The molecule has 26 heavy (non-hydrogen) atoms. The van der Waals surface area contributed by atoms with E-state index >= 15 is 0 Å². The van der Waals surface area contributed by atoms with Crippen LogP contribution in [0.2, 0.25) is 5.02 Å². The topological polar surface area (TPSA) is 47.6 Å². The average Bonchev–Trinajstić information content (AvgIpc) is 2.66. The number of para-hydroxylation sites is 2. The number of ether oxygens (including phenoxy) is 2. The molecular formula is C21H26ClNO3. The third-order valence-electron chi connectivity index (χ3n) is 3.96. The molecule has 1 N–H and O–H groups in total. The van der Waals surface area contributed by atoms with Crippen molar-refractivity contribution < 1.29 is 14.3 Å². The van der Waals surface area contributed by atoms with Crippen LogP contribution in [0, 0.1) is 0 Å². The lowest BCUT2D eigenvalue weighted by Crippen LogP contribution is -2.38. The molecular weight excluding hydrogens is 350 g/mol. The molecule has 140 valence electrons. The summed E-state index contributed by atoms with van der Waals surface area (Å²) in [5.41, 5.74) is 1.16. The van der Waals surface area contributed by atoms with Crippen LogP contribution in [0.25, 0.3) is 0 Å². The van der Waals surface area contributed by atoms with Crippen LogP contribution < -0.4 is 14.8 Å². The Morgan fingerprint density at radius 2 is 1.77 bits per heavy atom. The summed E-state index contributed by atoms with van der Waals surface area (Å²) >= 11 is 6.10. The number of hydrogen-bond acceptors (Lipinski definition) is 3. The van der Waals surface area contributed by atoms with Crippen LogP contribution in [0.15, 0.2) is 48.5 Å². The van der Waals surface area contributed by atoms with Crippen molar-refractivity contribution in [3.05, 3.63) is 59.1 Å². The van der Waals surface area contributed by atoms with Gasteiger partial charge in [-0.1, -0.05) is 48.9 Å². The van der Waals surface area contributed by atoms with E-state index in [4.69, 9.17) is 21.1 Å². The maximum Gasteiger partial charge on any atom is 0.261 e. The number of aryl methyl sites for hydroxylation is 1. The second-order valence-electron chi connectivity index (χ2n) is 5.88. The molecule has 5 heteroatoms. The fraction of sp³-hybridized carbons (Fsp3) is 0.381. The number of halogens is 1. The molecule has 0 heterocycles. The molecule has 0 aliphatic heterocycles. The largest absolute Gasteiger partial charge is 0.494 e. The second-order valence-corrected chi connectivity index (χ2v) is 6.29. The van der Waals surface area contributed by atoms with E-state index in [1.807, 2.05) is 44.2 Å².